The summed E-state index contributed by atoms with van der Waals surface area (Å²) in [5.41, 5.74) is 1.39. The maximum absolute atomic E-state index is 9.64. The molecule has 0 spiro atoms. The standard InChI is InChI=1S/C16H19BrO/c1-2-3-4-5-6-12-7-9-14-13(11-12)8-10-15(18)16(14)17/h7-11,18H,2-6H2,1H3. The Morgan fingerprint density at radius 3 is 2.67 bits per heavy atom. The molecule has 0 fully saturated rings. The van der Waals surface area contributed by atoms with Crippen LogP contribution in [0, 0.1) is 0 Å². The number of halogens is 1. The minimum absolute atomic E-state index is 0.304. The fraction of sp³-hybridized carbons (Fsp3) is 0.375. The van der Waals surface area contributed by atoms with E-state index in [1.807, 2.05) is 6.07 Å². The Morgan fingerprint density at radius 1 is 1.06 bits per heavy atom. The summed E-state index contributed by atoms with van der Waals surface area (Å²) in [6, 6.07) is 10.2. The van der Waals surface area contributed by atoms with Crippen molar-refractivity contribution in [3.63, 3.8) is 0 Å². The SMILES string of the molecule is CCCCCCc1ccc2c(Br)c(O)ccc2c1. The van der Waals surface area contributed by atoms with Gasteiger partial charge in [-0.15, -0.1) is 0 Å². The van der Waals surface area contributed by atoms with Gasteiger partial charge in [-0.2, -0.15) is 0 Å². The number of aryl methyl sites for hydroxylation is 1. The minimum atomic E-state index is 0.304. The number of aromatic hydroxyl groups is 1. The van der Waals surface area contributed by atoms with Crippen LogP contribution >= 0.6 is 15.9 Å². The van der Waals surface area contributed by atoms with Crippen LogP contribution in [0.15, 0.2) is 34.8 Å². The van der Waals surface area contributed by atoms with Crippen LogP contribution in [0.2, 0.25) is 0 Å². The van der Waals surface area contributed by atoms with Gasteiger partial charge in [0.15, 0.2) is 0 Å². The van der Waals surface area contributed by atoms with Crippen LogP contribution in [-0.2, 0) is 6.42 Å². The monoisotopic (exact) mass is 306 g/mol. The lowest BCUT2D eigenvalue weighted by molar-refractivity contribution is 0.473. The van der Waals surface area contributed by atoms with Gasteiger partial charge in [-0.1, -0.05) is 50.5 Å². The topological polar surface area (TPSA) is 20.2 Å². The summed E-state index contributed by atoms with van der Waals surface area (Å²) in [4.78, 5) is 0. The molecule has 0 saturated carbocycles. The van der Waals surface area contributed by atoms with Crippen molar-refractivity contribution >= 4 is 26.7 Å². The molecule has 0 bridgehead atoms. The van der Waals surface area contributed by atoms with Crippen molar-refractivity contribution in [1.82, 2.24) is 0 Å². The maximum atomic E-state index is 9.64. The molecule has 0 aliphatic heterocycles. The van der Waals surface area contributed by atoms with Gasteiger partial charge in [0.2, 0.25) is 0 Å². The summed E-state index contributed by atoms with van der Waals surface area (Å²) < 4.78 is 0.789. The number of hydrogen-bond acceptors (Lipinski definition) is 1. The molecule has 1 N–H and O–H groups in total. The molecule has 0 heterocycles. The molecule has 0 aliphatic carbocycles. The average molecular weight is 307 g/mol. The van der Waals surface area contributed by atoms with Gasteiger partial charge in [0.05, 0.1) is 4.47 Å². The van der Waals surface area contributed by atoms with Gasteiger partial charge in [-0.3, -0.25) is 0 Å². The fourth-order valence-corrected chi connectivity index (χ4v) is 2.73. The number of rotatable bonds is 5. The van der Waals surface area contributed by atoms with E-state index in [-0.39, 0.29) is 0 Å². The molecule has 0 radical (unpaired) electrons. The van der Waals surface area contributed by atoms with E-state index in [4.69, 9.17) is 0 Å². The van der Waals surface area contributed by atoms with Gasteiger partial charge >= 0.3 is 0 Å². The first-order valence-corrected chi connectivity index (χ1v) is 7.41. The van der Waals surface area contributed by atoms with Crippen LogP contribution < -0.4 is 0 Å². The van der Waals surface area contributed by atoms with E-state index in [2.05, 4.69) is 41.1 Å². The van der Waals surface area contributed by atoms with E-state index in [1.165, 1.54) is 36.6 Å². The van der Waals surface area contributed by atoms with Crippen LogP contribution in [0.1, 0.15) is 38.2 Å². The van der Waals surface area contributed by atoms with Crippen molar-refractivity contribution in [1.29, 1.82) is 0 Å². The van der Waals surface area contributed by atoms with Crippen molar-refractivity contribution < 1.29 is 5.11 Å². The largest absolute Gasteiger partial charge is 0.507 e. The number of fused-ring (bicyclic) bond motifs is 1. The van der Waals surface area contributed by atoms with Crippen LogP contribution in [0.3, 0.4) is 0 Å². The summed E-state index contributed by atoms with van der Waals surface area (Å²) >= 11 is 3.43. The molecule has 0 atom stereocenters. The number of benzene rings is 2. The van der Waals surface area contributed by atoms with Crippen LogP contribution in [-0.4, -0.2) is 5.11 Å². The molecule has 1 nitrogen and oxygen atoms in total. The van der Waals surface area contributed by atoms with Gasteiger partial charge in [0.25, 0.3) is 0 Å². The van der Waals surface area contributed by atoms with E-state index >= 15 is 0 Å². The number of phenols is 1. The summed E-state index contributed by atoms with van der Waals surface area (Å²) in [7, 11) is 0. The highest BCUT2D eigenvalue weighted by molar-refractivity contribution is 9.10. The van der Waals surface area contributed by atoms with Crippen LogP contribution in [0.25, 0.3) is 10.8 Å². The third-order valence-corrected chi connectivity index (χ3v) is 4.15. The minimum Gasteiger partial charge on any atom is -0.507 e. The second-order valence-electron chi connectivity index (χ2n) is 4.76. The third kappa shape index (κ3) is 3.05. The molecule has 2 rings (SSSR count). The molecule has 2 heteroatoms. The zero-order valence-corrected chi connectivity index (χ0v) is 12.3. The first kappa shape index (κ1) is 13.4. The predicted molar refractivity (Wildman–Crippen MR) is 81.2 cm³/mol. The molecule has 0 saturated heterocycles. The zero-order chi connectivity index (χ0) is 13.0. The van der Waals surface area contributed by atoms with Crippen molar-refractivity contribution in [2.45, 2.75) is 39.0 Å². The van der Waals surface area contributed by atoms with Crippen molar-refractivity contribution in [3.8, 4) is 5.75 Å². The summed E-state index contributed by atoms with van der Waals surface area (Å²) in [6.07, 6.45) is 6.33. The van der Waals surface area contributed by atoms with Crippen molar-refractivity contribution in [2.24, 2.45) is 0 Å². The molecule has 96 valence electrons. The van der Waals surface area contributed by atoms with Crippen LogP contribution in [0.4, 0.5) is 0 Å². The second-order valence-corrected chi connectivity index (χ2v) is 5.56. The smallest absolute Gasteiger partial charge is 0.130 e. The highest BCUT2D eigenvalue weighted by atomic mass is 79.9. The lowest BCUT2D eigenvalue weighted by Gasteiger charge is -2.06. The Morgan fingerprint density at radius 2 is 1.89 bits per heavy atom. The Bertz CT molecular complexity index is 534. The van der Waals surface area contributed by atoms with E-state index in [0.29, 0.717) is 5.75 Å². The molecule has 2 aromatic carbocycles. The molecule has 2 aromatic rings. The molecular formula is C16H19BrO. The van der Waals surface area contributed by atoms with Gasteiger partial charge in [0.1, 0.15) is 5.75 Å². The second kappa shape index (κ2) is 6.24. The molecular weight excluding hydrogens is 288 g/mol. The van der Waals surface area contributed by atoms with Crippen molar-refractivity contribution in [3.05, 3.63) is 40.4 Å². The van der Waals surface area contributed by atoms with E-state index in [0.717, 1.165) is 16.3 Å². The number of unbranched alkanes of at least 4 members (excludes halogenated alkanes) is 3. The summed E-state index contributed by atoms with van der Waals surface area (Å²) in [5, 5.41) is 11.9. The molecule has 0 aromatic heterocycles. The summed E-state index contributed by atoms with van der Waals surface area (Å²) in [6.45, 7) is 2.24. The van der Waals surface area contributed by atoms with E-state index < -0.39 is 0 Å². The highest BCUT2D eigenvalue weighted by Crippen LogP contribution is 2.32. The zero-order valence-electron chi connectivity index (χ0n) is 10.7. The Kier molecular flexibility index (Phi) is 4.65. The Balaban J connectivity index is 2.15. The van der Waals surface area contributed by atoms with E-state index in [1.54, 1.807) is 6.07 Å². The third-order valence-electron chi connectivity index (χ3n) is 3.32. The predicted octanol–water partition coefficient (Wildman–Crippen LogP) is 5.43. The molecule has 0 aliphatic rings. The van der Waals surface area contributed by atoms with Crippen molar-refractivity contribution in [2.75, 3.05) is 0 Å². The average Bonchev–Trinajstić information content (AvgIpc) is 2.39. The van der Waals surface area contributed by atoms with E-state index in [9.17, 15) is 5.11 Å². The molecule has 0 amide bonds. The Hall–Kier alpha value is -1.02. The molecule has 0 unspecified atom stereocenters. The number of phenolic OH excluding ortho intramolecular Hbond substituents is 1. The van der Waals surface area contributed by atoms with Gasteiger partial charge in [0, 0.05) is 0 Å². The highest BCUT2D eigenvalue weighted by Gasteiger charge is 2.04. The normalized spacial score (nSPS) is 11.0. The van der Waals surface area contributed by atoms with Crippen LogP contribution in [0.5, 0.6) is 5.75 Å². The first-order chi connectivity index (χ1) is 8.72. The first-order valence-electron chi connectivity index (χ1n) is 6.62. The summed E-state index contributed by atoms with van der Waals surface area (Å²) in [5.74, 6) is 0.304. The fourth-order valence-electron chi connectivity index (χ4n) is 2.24. The van der Waals surface area contributed by atoms with Gasteiger partial charge in [-0.05, 0) is 51.2 Å². The quantitative estimate of drug-likeness (QED) is 0.730. The maximum Gasteiger partial charge on any atom is 0.130 e. The lowest BCUT2D eigenvalue weighted by atomic mass is 10.0. The molecule has 18 heavy (non-hydrogen) atoms. The lowest BCUT2D eigenvalue weighted by Crippen LogP contribution is -1.86. The van der Waals surface area contributed by atoms with Gasteiger partial charge < -0.3 is 5.11 Å². The Labute approximate surface area is 117 Å². The van der Waals surface area contributed by atoms with Gasteiger partial charge in [-0.25, -0.2) is 0 Å². The number of hydrogen-bond donors (Lipinski definition) is 1.